The SMILES string of the molecule is CCn1cc([C@]2(c3cccc(-c4cccnc4F)c3)N=C(N)N(C)C2=O)cn1. The molecule has 0 saturated carbocycles. The van der Waals surface area contributed by atoms with Gasteiger partial charge in [-0.1, -0.05) is 18.2 Å². The molecule has 28 heavy (non-hydrogen) atoms. The fraction of sp³-hybridized carbons (Fsp3) is 0.200. The first-order valence-electron chi connectivity index (χ1n) is 8.85. The van der Waals surface area contributed by atoms with Crippen molar-refractivity contribution < 1.29 is 9.18 Å². The molecule has 4 rings (SSSR count). The van der Waals surface area contributed by atoms with Crippen LogP contribution in [0.3, 0.4) is 0 Å². The van der Waals surface area contributed by atoms with Crippen LogP contribution < -0.4 is 5.73 Å². The number of nitrogens with two attached hydrogens (primary N) is 1. The molecular formula is C20H19FN6O. The number of hydrogen-bond donors (Lipinski definition) is 1. The van der Waals surface area contributed by atoms with E-state index in [1.54, 1.807) is 60.5 Å². The van der Waals surface area contributed by atoms with Gasteiger partial charge in [0.2, 0.25) is 5.95 Å². The predicted molar refractivity (Wildman–Crippen MR) is 103 cm³/mol. The van der Waals surface area contributed by atoms with Crippen LogP contribution in [-0.2, 0) is 16.9 Å². The Morgan fingerprint density at radius 2 is 2.04 bits per heavy atom. The summed E-state index contributed by atoms with van der Waals surface area (Å²) in [6.07, 6.45) is 4.80. The largest absolute Gasteiger partial charge is 0.369 e. The van der Waals surface area contributed by atoms with Gasteiger partial charge in [0.15, 0.2) is 11.5 Å². The van der Waals surface area contributed by atoms with Gasteiger partial charge in [0.05, 0.1) is 6.20 Å². The van der Waals surface area contributed by atoms with Gasteiger partial charge < -0.3 is 5.73 Å². The summed E-state index contributed by atoms with van der Waals surface area (Å²) in [6.45, 7) is 2.61. The number of likely N-dealkylation sites (N-methyl/N-ethyl adjacent to an activating group) is 1. The van der Waals surface area contributed by atoms with Crippen LogP contribution in [0.1, 0.15) is 18.1 Å². The number of pyridine rings is 1. The molecule has 0 unspecified atom stereocenters. The van der Waals surface area contributed by atoms with E-state index in [0.29, 0.717) is 28.8 Å². The van der Waals surface area contributed by atoms with Crippen molar-refractivity contribution >= 4 is 11.9 Å². The van der Waals surface area contributed by atoms with Gasteiger partial charge in [-0.15, -0.1) is 0 Å². The Balaban J connectivity index is 1.93. The number of rotatable bonds is 4. The Bertz CT molecular complexity index is 1090. The van der Waals surface area contributed by atoms with Crippen molar-refractivity contribution in [3.8, 4) is 11.1 Å². The van der Waals surface area contributed by atoms with E-state index in [-0.39, 0.29) is 11.9 Å². The Kier molecular flexibility index (Phi) is 4.18. The van der Waals surface area contributed by atoms with E-state index in [1.165, 1.54) is 11.1 Å². The number of aryl methyl sites for hydroxylation is 1. The summed E-state index contributed by atoms with van der Waals surface area (Å²) >= 11 is 0. The molecule has 0 bridgehead atoms. The lowest BCUT2D eigenvalue weighted by atomic mass is 9.83. The number of benzene rings is 1. The maximum atomic E-state index is 14.2. The van der Waals surface area contributed by atoms with E-state index >= 15 is 0 Å². The highest BCUT2D eigenvalue weighted by molar-refractivity contribution is 6.09. The maximum Gasteiger partial charge on any atom is 0.266 e. The molecule has 0 fully saturated rings. The molecule has 1 atom stereocenters. The minimum absolute atomic E-state index is 0.118. The second kappa shape index (κ2) is 6.56. The van der Waals surface area contributed by atoms with E-state index in [9.17, 15) is 9.18 Å². The summed E-state index contributed by atoms with van der Waals surface area (Å²) in [5.74, 6) is -0.748. The molecule has 1 aromatic carbocycles. The van der Waals surface area contributed by atoms with E-state index in [4.69, 9.17) is 5.73 Å². The molecule has 3 heterocycles. The van der Waals surface area contributed by atoms with Gasteiger partial charge in [-0.2, -0.15) is 9.49 Å². The Labute approximate surface area is 161 Å². The predicted octanol–water partition coefficient (Wildman–Crippen LogP) is 2.13. The molecule has 142 valence electrons. The summed E-state index contributed by atoms with van der Waals surface area (Å²) in [5, 5.41) is 4.29. The zero-order valence-corrected chi connectivity index (χ0v) is 15.5. The zero-order chi connectivity index (χ0) is 19.9. The molecule has 0 spiro atoms. The van der Waals surface area contributed by atoms with Gasteiger partial charge in [-0.05, 0) is 36.2 Å². The third-order valence-electron chi connectivity index (χ3n) is 4.97. The Hall–Kier alpha value is -3.55. The third-order valence-corrected chi connectivity index (χ3v) is 4.97. The molecule has 0 saturated heterocycles. The first-order chi connectivity index (χ1) is 13.5. The lowest BCUT2D eigenvalue weighted by Gasteiger charge is -2.25. The summed E-state index contributed by atoms with van der Waals surface area (Å²) in [5.41, 5.74) is 6.77. The first-order valence-corrected chi connectivity index (χ1v) is 8.85. The zero-order valence-electron chi connectivity index (χ0n) is 15.5. The number of nitrogens with zero attached hydrogens (tertiary/aromatic N) is 5. The molecule has 2 aromatic heterocycles. The second-order valence-electron chi connectivity index (χ2n) is 6.55. The maximum absolute atomic E-state index is 14.2. The summed E-state index contributed by atoms with van der Waals surface area (Å²) in [7, 11) is 1.58. The number of halogens is 1. The van der Waals surface area contributed by atoms with E-state index in [1.807, 2.05) is 6.92 Å². The number of carbonyl (C=O) groups is 1. The van der Waals surface area contributed by atoms with Gasteiger partial charge in [-0.25, -0.2) is 9.98 Å². The normalized spacial score (nSPS) is 19.2. The summed E-state index contributed by atoms with van der Waals surface area (Å²) in [4.78, 5) is 22.8. The standard InChI is InChI=1S/C20H19FN6O/c1-3-27-12-15(11-24-27)20(18(28)26(2)19(22)25-20)14-7-4-6-13(10-14)16-8-5-9-23-17(16)21/h4-12H,3H2,1-2H3,(H2,22,25)/t20-/m0/s1. The Morgan fingerprint density at radius 1 is 1.21 bits per heavy atom. The molecule has 1 amide bonds. The monoisotopic (exact) mass is 378 g/mol. The van der Waals surface area contributed by atoms with Crippen LogP contribution in [0.4, 0.5) is 4.39 Å². The highest BCUT2D eigenvalue weighted by Gasteiger charge is 2.50. The van der Waals surface area contributed by atoms with Crippen LogP contribution in [0.2, 0.25) is 0 Å². The highest BCUT2D eigenvalue weighted by atomic mass is 19.1. The van der Waals surface area contributed by atoms with Gasteiger partial charge >= 0.3 is 0 Å². The minimum atomic E-state index is -1.36. The number of guanidine groups is 1. The molecule has 0 aliphatic carbocycles. The molecule has 2 N–H and O–H groups in total. The quantitative estimate of drug-likeness (QED) is 0.705. The summed E-state index contributed by atoms with van der Waals surface area (Å²) in [6, 6.07) is 10.4. The van der Waals surface area contributed by atoms with Crippen molar-refractivity contribution in [2.24, 2.45) is 10.7 Å². The lowest BCUT2D eigenvalue weighted by molar-refractivity contribution is -0.129. The molecule has 7 nitrogen and oxygen atoms in total. The minimum Gasteiger partial charge on any atom is -0.369 e. The molecule has 1 aliphatic rings. The van der Waals surface area contributed by atoms with Crippen LogP contribution in [0.25, 0.3) is 11.1 Å². The van der Waals surface area contributed by atoms with Gasteiger partial charge in [-0.3, -0.25) is 14.4 Å². The van der Waals surface area contributed by atoms with Gasteiger partial charge in [0.1, 0.15) is 0 Å². The number of aliphatic imine (C=N–C) groups is 1. The smallest absolute Gasteiger partial charge is 0.266 e. The number of amides is 1. The number of carbonyl (C=O) groups excluding carboxylic acids is 1. The average Bonchev–Trinajstić information content (AvgIpc) is 3.28. The molecule has 8 heteroatoms. The van der Waals surface area contributed by atoms with E-state index < -0.39 is 11.5 Å². The van der Waals surface area contributed by atoms with Crippen molar-refractivity contribution in [1.29, 1.82) is 0 Å². The van der Waals surface area contributed by atoms with Crippen molar-refractivity contribution in [3.63, 3.8) is 0 Å². The number of aromatic nitrogens is 3. The van der Waals surface area contributed by atoms with Gasteiger partial charge in [0.25, 0.3) is 5.91 Å². The van der Waals surface area contributed by atoms with E-state index in [2.05, 4.69) is 15.1 Å². The Morgan fingerprint density at radius 3 is 2.68 bits per heavy atom. The first kappa shape index (κ1) is 17.8. The summed E-state index contributed by atoms with van der Waals surface area (Å²) < 4.78 is 15.9. The molecule has 0 radical (unpaired) electrons. The van der Waals surface area contributed by atoms with Crippen molar-refractivity contribution in [3.05, 3.63) is 72.1 Å². The van der Waals surface area contributed by atoms with Crippen LogP contribution in [0, 0.1) is 5.95 Å². The molecule has 1 aliphatic heterocycles. The highest BCUT2D eigenvalue weighted by Crippen LogP contribution is 2.40. The topological polar surface area (TPSA) is 89.4 Å². The van der Waals surface area contributed by atoms with Crippen molar-refractivity contribution in [2.75, 3.05) is 7.05 Å². The van der Waals surface area contributed by atoms with Crippen molar-refractivity contribution in [1.82, 2.24) is 19.7 Å². The molecular weight excluding hydrogens is 359 g/mol. The van der Waals surface area contributed by atoms with Crippen LogP contribution in [-0.4, -0.2) is 38.6 Å². The second-order valence-corrected chi connectivity index (χ2v) is 6.55. The van der Waals surface area contributed by atoms with E-state index in [0.717, 1.165) is 0 Å². The third kappa shape index (κ3) is 2.57. The fourth-order valence-corrected chi connectivity index (χ4v) is 3.42. The van der Waals surface area contributed by atoms with Gasteiger partial charge in [0, 0.05) is 37.1 Å². The fourth-order valence-electron chi connectivity index (χ4n) is 3.42. The van der Waals surface area contributed by atoms with Crippen LogP contribution in [0.5, 0.6) is 0 Å². The lowest BCUT2D eigenvalue weighted by Crippen LogP contribution is -2.41. The van der Waals surface area contributed by atoms with Crippen LogP contribution in [0.15, 0.2) is 60.0 Å². The number of hydrogen-bond acceptors (Lipinski definition) is 5. The molecule has 3 aromatic rings. The van der Waals surface area contributed by atoms with Crippen LogP contribution >= 0.6 is 0 Å². The van der Waals surface area contributed by atoms with Crippen molar-refractivity contribution in [2.45, 2.75) is 19.0 Å². The average molecular weight is 378 g/mol.